The highest BCUT2D eigenvalue weighted by molar-refractivity contribution is 5.65. The molecular formula is C14H13N3O. The maximum absolute atomic E-state index is 5.90. The molecule has 0 radical (unpaired) electrons. The minimum Gasteiger partial charge on any atom is -0.497 e. The van der Waals surface area contributed by atoms with Crippen LogP contribution in [0, 0.1) is 0 Å². The zero-order valence-corrected chi connectivity index (χ0v) is 10.00. The standard InChI is InChI=1S/C14H13N3O/c1-18-11-5-2-4-10(8-11)12-9-17-13(15)6-3-7-14(17)16-12/h2-9H,15H2,1H3. The molecule has 2 aromatic heterocycles. The Labute approximate surface area is 105 Å². The van der Waals surface area contributed by atoms with Crippen molar-refractivity contribution >= 4 is 11.5 Å². The third kappa shape index (κ3) is 1.68. The van der Waals surface area contributed by atoms with Gasteiger partial charge >= 0.3 is 0 Å². The van der Waals surface area contributed by atoms with Crippen LogP contribution in [0.4, 0.5) is 5.82 Å². The van der Waals surface area contributed by atoms with Crippen molar-refractivity contribution in [3.63, 3.8) is 0 Å². The minimum absolute atomic E-state index is 0.675. The second kappa shape index (κ2) is 4.07. The van der Waals surface area contributed by atoms with Crippen molar-refractivity contribution in [1.29, 1.82) is 0 Å². The summed E-state index contributed by atoms with van der Waals surface area (Å²) in [5, 5.41) is 0. The first kappa shape index (κ1) is 10.7. The van der Waals surface area contributed by atoms with Crippen LogP contribution < -0.4 is 10.5 Å². The van der Waals surface area contributed by atoms with Crippen LogP contribution in [0.1, 0.15) is 0 Å². The molecule has 0 saturated heterocycles. The van der Waals surface area contributed by atoms with Gasteiger partial charge in [0.1, 0.15) is 17.2 Å². The molecule has 0 spiro atoms. The van der Waals surface area contributed by atoms with Gasteiger partial charge in [0.2, 0.25) is 0 Å². The van der Waals surface area contributed by atoms with Crippen LogP contribution in [-0.2, 0) is 0 Å². The number of nitrogen functional groups attached to an aromatic ring is 1. The Bertz CT molecular complexity index is 703. The SMILES string of the molecule is COc1cccc(-c2cn3c(N)cccc3n2)c1. The van der Waals surface area contributed by atoms with Crippen LogP contribution in [0.15, 0.2) is 48.7 Å². The number of methoxy groups -OCH3 is 1. The molecule has 3 aromatic rings. The molecule has 3 rings (SSSR count). The first-order valence-corrected chi connectivity index (χ1v) is 5.66. The predicted molar refractivity (Wildman–Crippen MR) is 71.6 cm³/mol. The zero-order chi connectivity index (χ0) is 12.5. The molecule has 0 aliphatic carbocycles. The fourth-order valence-electron chi connectivity index (χ4n) is 1.95. The number of fused-ring (bicyclic) bond motifs is 1. The Balaban J connectivity index is 2.16. The number of imidazole rings is 1. The van der Waals surface area contributed by atoms with Gasteiger partial charge in [-0.15, -0.1) is 0 Å². The number of aromatic nitrogens is 2. The van der Waals surface area contributed by atoms with Crippen LogP contribution in [0.25, 0.3) is 16.9 Å². The summed E-state index contributed by atoms with van der Waals surface area (Å²) in [4.78, 5) is 4.55. The molecule has 0 saturated carbocycles. The van der Waals surface area contributed by atoms with Gasteiger partial charge in [0.05, 0.1) is 12.8 Å². The molecular weight excluding hydrogens is 226 g/mol. The summed E-state index contributed by atoms with van der Waals surface area (Å²) in [6.07, 6.45) is 1.93. The topological polar surface area (TPSA) is 52.5 Å². The molecule has 0 aliphatic rings. The molecule has 0 amide bonds. The van der Waals surface area contributed by atoms with Crippen molar-refractivity contribution < 1.29 is 4.74 Å². The van der Waals surface area contributed by atoms with Crippen LogP contribution in [-0.4, -0.2) is 16.5 Å². The summed E-state index contributed by atoms with van der Waals surface area (Å²) in [7, 11) is 1.65. The molecule has 2 heterocycles. The number of hydrogen-bond donors (Lipinski definition) is 1. The second-order valence-electron chi connectivity index (χ2n) is 4.04. The van der Waals surface area contributed by atoms with Gasteiger partial charge in [-0.05, 0) is 24.3 Å². The van der Waals surface area contributed by atoms with Crippen molar-refractivity contribution in [2.24, 2.45) is 0 Å². The summed E-state index contributed by atoms with van der Waals surface area (Å²) in [6, 6.07) is 13.5. The van der Waals surface area contributed by atoms with E-state index in [0.29, 0.717) is 5.82 Å². The number of anilines is 1. The first-order valence-electron chi connectivity index (χ1n) is 5.66. The number of nitrogens with two attached hydrogens (primary N) is 1. The smallest absolute Gasteiger partial charge is 0.139 e. The maximum Gasteiger partial charge on any atom is 0.139 e. The Kier molecular flexibility index (Phi) is 2.41. The predicted octanol–water partition coefficient (Wildman–Crippen LogP) is 2.59. The third-order valence-corrected chi connectivity index (χ3v) is 2.89. The Hall–Kier alpha value is -2.49. The number of pyridine rings is 1. The van der Waals surface area contributed by atoms with E-state index in [1.54, 1.807) is 7.11 Å². The van der Waals surface area contributed by atoms with Gasteiger partial charge in [0.25, 0.3) is 0 Å². The quantitative estimate of drug-likeness (QED) is 0.747. The van der Waals surface area contributed by atoms with E-state index in [1.807, 2.05) is 53.1 Å². The molecule has 0 bridgehead atoms. The molecule has 1 aromatic carbocycles. The highest BCUT2D eigenvalue weighted by Gasteiger charge is 2.06. The highest BCUT2D eigenvalue weighted by Crippen LogP contribution is 2.24. The summed E-state index contributed by atoms with van der Waals surface area (Å²) in [5.41, 5.74) is 8.64. The van der Waals surface area contributed by atoms with Gasteiger partial charge in [-0.3, -0.25) is 4.40 Å². The van der Waals surface area contributed by atoms with Crippen molar-refractivity contribution in [3.05, 3.63) is 48.7 Å². The lowest BCUT2D eigenvalue weighted by molar-refractivity contribution is 0.415. The molecule has 0 aliphatic heterocycles. The van der Waals surface area contributed by atoms with E-state index in [0.717, 1.165) is 22.7 Å². The number of hydrogen-bond acceptors (Lipinski definition) is 3. The van der Waals surface area contributed by atoms with E-state index in [1.165, 1.54) is 0 Å². The molecule has 0 fully saturated rings. The van der Waals surface area contributed by atoms with Crippen molar-refractivity contribution in [2.45, 2.75) is 0 Å². The fourth-order valence-corrected chi connectivity index (χ4v) is 1.95. The van der Waals surface area contributed by atoms with Crippen LogP contribution in [0.3, 0.4) is 0 Å². The molecule has 0 atom stereocenters. The van der Waals surface area contributed by atoms with Gasteiger partial charge in [-0.1, -0.05) is 18.2 Å². The van der Waals surface area contributed by atoms with Crippen molar-refractivity contribution in [2.75, 3.05) is 12.8 Å². The van der Waals surface area contributed by atoms with E-state index in [9.17, 15) is 0 Å². The van der Waals surface area contributed by atoms with Crippen LogP contribution in [0.2, 0.25) is 0 Å². The number of benzene rings is 1. The molecule has 4 heteroatoms. The van der Waals surface area contributed by atoms with E-state index in [4.69, 9.17) is 10.5 Å². The fraction of sp³-hybridized carbons (Fsp3) is 0.0714. The van der Waals surface area contributed by atoms with Gasteiger partial charge in [0.15, 0.2) is 0 Å². The Morgan fingerprint density at radius 1 is 1.17 bits per heavy atom. The van der Waals surface area contributed by atoms with Crippen molar-refractivity contribution in [1.82, 2.24) is 9.38 Å². The number of ether oxygens (including phenoxy) is 1. The third-order valence-electron chi connectivity index (χ3n) is 2.89. The Morgan fingerprint density at radius 3 is 2.78 bits per heavy atom. The summed E-state index contributed by atoms with van der Waals surface area (Å²) in [5.74, 6) is 1.49. The number of rotatable bonds is 2. The van der Waals surface area contributed by atoms with Crippen molar-refractivity contribution in [3.8, 4) is 17.0 Å². The molecule has 4 nitrogen and oxygen atoms in total. The van der Waals surface area contributed by atoms with E-state index < -0.39 is 0 Å². The summed E-state index contributed by atoms with van der Waals surface area (Å²) >= 11 is 0. The minimum atomic E-state index is 0.675. The lowest BCUT2D eigenvalue weighted by Crippen LogP contribution is -1.93. The van der Waals surface area contributed by atoms with Crippen LogP contribution in [0.5, 0.6) is 5.75 Å². The summed E-state index contributed by atoms with van der Waals surface area (Å²) in [6.45, 7) is 0. The average Bonchev–Trinajstić information content (AvgIpc) is 2.84. The van der Waals surface area contributed by atoms with E-state index in [2.05, 4.69) is 4.98 Å². The molecule has 2 N–H and O–H groups in total. The molecule has 90 valence electrons. The van der Waals surface area contributed by atoms with Gasteiger partial charge in [0, 0.05) is 11.8 Å². The van der Waals surface area contributed by atoms with E-state index in [-0.39, 0.29) is 0 Å². The molecule has 0 unspecified atom stereocenters. The lowest BCUT2D eigenvalue weighted by atomic mass is 10.1. The molecule has 18 heavy (non-hydrogen) atoms. The van der Waals surface area contributed by atoms with Gasteiger partial charge < -0.3 is 10.5 Å². The lowest BCUT2D eigenvalue weighted by Gasteiger charge is -2.01. The van der Waals surface area contributed by atoms with Gasteiger partial charge in [-0.2, -0.15) is 0 Å². The zero-order valence-electron chi connectivity index (χ0n) is 10.00. The normalized spacial score (nSPS) is 10.7. The largest absolute Gasteiger partial charge is 0.497 e. The summed E-state index contributed by atoms with van der Waals surface area (Å²) < 4.78 is 7.08. The highest BCUT2D eigenvalue weighted by atomic mass is 16.5. The number of nitrogens with zero attached hydrogens (tertiary/aromatic N) is 2. The van der Waals surface area contributed by atoms with Crippen LogP contribution >= 0.6 is 0 Å². The monoisotopic (exact) mass is 239 g/mol. The average molecular weight is 239 g/mol. The second-order valence-corrected chi connectivity index (χ2v) is 4.04. The van der Waals surface area contributed by atoms with E-state index >= 15 is 0 Å². The first-order chi connectivity index (χ1) is 8.78. The Morgan fingerprint density at radius 2 is 2.00 bits per heavy atom. The maximum atomic E-state index is 5.90. The van der Waals surface area contributed by atoms with Gasteiger partial charge in [-0.25, -0.2) is 4.98 Å².